The summed E-state index contributed by atoms with van der Waals surface area (Å²) >= 11 is 0. The van der Waals surface area contributed by atoms with Crippen molar-refractivity contribution in [3.63, 3.8) is 0 Å². The lowest BCUT2D eigenvalue weighted by Crippen LogP contribution is -2.43. The SMILES string of the molecule is CC[N+]([O-])(CC)CCCN1c2ccccc2S(=O)c2ccccc21. The van der Waals surface area contributed by atoms with Crippen LogP contribution in [-0.2, 0) is 10.8 Å². The molecule has 0 amide bonds. The molecule has 0 saturated heterocycles. The van der Waals surface area contributed by atoms with Crippen molar-refractivity contribution in [3.05, 3.63) is 53.7 Å². The smallest absolute Gasteiger partial charge is 0.0892 e. The molecule has 0 atom stereocenters. The minimum atomic E-state index is -1.14. The Kier molecular flexibility index (Phi) is 5.04. The molecule has 0 fully saturated rings. The van der Waals surface area contributed by atoms with Crippen molar-refractivity contribution in [3.8, 4) is 0 Å². The van der Waals surface area contributed by atoms with E-state index in [4.69, 9.17) is 0 Å². The number of nitrogens with zero attached hydrogens (tertiary/aromatic N) is 2. The molecule has 0 aromatic heterocycles. The highest BCUT2D eigenvalue weighted by molar-refractivity contribution is 7.85. The van der Waals surface area contributed by atoms with Gasteiger partial charge in [0.25, 0.3) is 0 Å². The lowest BCUT2D eigenvalue weighted by Gasteiger charge is -2.42. The fourth-order valence-electron chi connectivity index (χ4n) is 3.22. The molecule has 0 N–H and O–H groups in total. The van der Waals surface area contributed by atoms with E-state index in [1.807, 2.05) is 62.4 Å². The van der Waals surface area contributed by atoms with Crippen molar-refractivity contribution in [2.24, 2.45) is 0 Å². The maximum atomic E-state index is 12.8. The Morgan fingerprint density at radius 3 is 1.96 bits per heavy atom. The molecule has 0 unspecified atom stereocenters. The van der Waals surface area contributed by atoms with Gasteiger partial charge < -0.3 is 14.8 Å². The third-order valence-corrected chi connectivity index (χ3v) is 6.30. The van der Waals surface area contributed by atoms with Gasteiger partial charge in [-0.3, -0.25) is 0 Å². The maximum absolute atomic E-state index is 12.8. The molecule has 5 heteroatoms. The van der Waals surface area contributed by atoms with Crippen LogP contribution in [0.2, 0.25) is 0 Å². The number of hydroxylamine groups is 3. The van der Waals surface area contributed by atoms with Gasteiger partial charge in [-0.15, -0.1) is 0 Å². The molecule has 1 aliphatic heterocycles. The second-order valence-electron chi connectivity index (χ2n) is 6.12. The molecule has 0 aliphatic carbocycles. The molecule has 0 radical (unpaired) electrons. The fourth-order valence-corrected chi connectivity index (χ4v) is 4.60. The highest BCUT2D eigenvalue weighted by Crippen LogP contribution is 2.41. The molecular weight excluding hydrogens is 320 g/mol. The summed E-state index contributed by atoms with van der Waals surface area (Å²) in [7, 11) is -1.14. The molecule has 1 aliphatic rings. The standard InChI is InChI=1S/C19H24N2O2S/c1-3-21(22,4-2)15-9-14-20-16-10-5-7-12-18(16)24(23)19-13-8-6-11-17(19)20/h5-8,10-13H,3-4,9,14-15H2,1-2H3. The van der Waals surface area contributed by atoms with Crippen LogP contribution >= 0.6 is 0 Å². The van der Waals surface area contributed by atoms with Crippen LogP contribution in [0.1, 0.15) is 20.3 Å². The number of benzene rings is 2. The van der Waals surface area contributed by atoms with Gasteiger partial charge in [-0.25, -0.2) is 4.21 Å². The number of quaternary nitrogens is 1. The van der Waals surface area contributed by atoms with Gasteiger partial charge in [0.1, 0.15) is 0 Å². The molecule has 3 rings (SSSR count). The topological polar surface area (TPSA) is 43.4 Å². The summed E-state index contributed by atoms with van der Waals surface area (Å²) in [6.07, 6.45) is 0.806. The molecular formula is C19H24N2O2S. The highest BCUT2D eigenvalue weighted by atomic mass is 32.2. The van der Waals surface area contributed by atoms with Gasteiger partial charge in [-0.2, -0.15) is 0 Å². The second kappa shape index (κ2) is 7.05. The average Bonchev–Trinajstić information content (AvgIpc) is 2.64. The fraction of sp³-hybridized carbons (Fsp3) is 0.368. The summed E-state index contributed by atoms with van der Waals surface area (Å²) in [6, 6.07) is 15.7. The Morgan fingerprint density at radius 2 is 1.46 bits per heavy atom. The monoisotopic (exact) mass is 344 g/mol. The lowest BCUT2D eigenvalue weighted by atomic mass is 10.2. The van der Waals surface area contributed by atoms with E-state index in [0.717, 1.165) is 34.1 Å². The van der Waals surface area contributed by atoms with Crippen LogP contribution in [0.25, 0.3) is 0 Å². The Labute approximate surface area is 146 Å². The minimum Gasteiger partial charge on any atom is -0.633 e. The minimum absolute atomic E-state index is 0.150. The van der Waals surface area contributed by atoms with Gasteiger partial charge in [0.2, 0.25) is 0 Å². The zero-order chi connectivity index (χ0) is 17.2. The van der Waals surface area contributed by atoms with Gasteiger partial charge in [0.15, 0.2) is 0 Å². The molecule has 128 valence electrons. The molecule has 2 aromatic rings. The normalized spacial score (nSPS) is 14.4. The number of hydrogen-bond donors (Lipinski definition) is 0. The number of para-hydroxylation sites is 2. The van der Waals surface area contributed by atoms with E-state index < -0.39 is 10.8 Å². The van der Waals surface area contributed by atoms with Crippen molar-refractivity contribution in [2.75, 3.05) is 31.1 Å². The predicted octanol–water partition coefficient (Wildman–Crippen LogP) is 4.05. The van der Waals surface area contributed by atoms with Crippen LogP contribution in [0, 0.1) is 5.21 Å². The summed E-state index contributed by atoms with van der Waals surface area (Å²) in [5, 5.41) is 12.5. The van der Waals surface area contributed by atoms with E-state index in [1.54, 1.807) is 0 Å². The van der Waals surface area contributed by atoms with E-state index in [1.165, 1.54) is 0 Å². The number of anilines is 2. The first-order chi connectivity index (χ1) is 11.6. The largest absolute Gasteiger partial charge is 0.633 e. The van der Waals surface area contributed by atoms with Gasteiger partial charge >= 0.3 is 0 Å². The Bertz CT molecular complexity index is 694. The average molecular weight is 344 g/mol. The maximum Gasteiger partial charge on any atom is 0.0892 e. The van der Waals surface area contributed by atoms with E-state index in [-0.39, 0.29) is 4.65 Å². The third-order valence-electron chi connectivity index (χ3n) is 4.81. The molecule has 0 bridgehead atoms. The van der Waals surface area contributed by atoms with E-state index in [2.05, 4.69) is 4.90 Å². The Balaban J connectivity index is 1.88. The van der Waals surface area contributed by atoms with Crippen LogP contribution in [0.15, 0.2) is 58.3 Å². The van der Waals surface area contributed by atoms with Crippen molar-refractivity contribution >= 4 is 22.2 Å². The molecule has 4 nitrogen and oxygen atoms in total. The van der Waals surface area contributed by atoms with E-state index >= 15 is 0 Å². The quantitative estimate of drug-likeness (QED) is 0.586. The van der Waals surface area contributed by atoms with Gasteiger partial charge in [0.05, 0.1) is 51.6 Å². The highest BCUT2D eigenvalue weighted by Gasteiger charge is 2.27. The summed E-state index contributed by atoms with van der Waals surface area (Å²) < 4.78 is 12.7. The van der Waals surface area contributed by atoms with Gasteiger partial charge in [-0.1, -0.05) is 24.3 Å². The van der Waals surface area contributed by atoms with Crippen LogP contribution in [0.4, 0.5) is 11.4 Å². The zero-order valence-electron chi connectivity index (χ0n) is 14.3. The lowest BCUT2D eigenvalue weighted by molar-refractivity contribution is -0.877. The van der Waals surface area contributed by atoms with Crippen LogP contribution in [0.5, 0.6) is 0 Å². The van der Waals surface area contributed by atoms with Crippen molar-refractivity contribution in [1.82, 2.24) is 0 Å². The van der Waals surface area contributed by atoms with Crippen LogP contribution in [0.3, 0.4) is 0 Å². The summed E-state index contributed by atoms with van der Waals surface area (Å²) in [4.78, 5) is 3.91. The molecule has 24 heavy (non-hydrogen) atoms. The van der Waals surface area contributed by atoms with Crippen LogP contribution < -0.4 is 4.90 Å². The summed E-state index contributed by atoms with van der Waals surface area (Å²) in [6.45, 7) is 6.47. The first kappa shape index (κ1) is 17.1. The number of hydrogen-bond acceptors (Lipinski definition) is 3. The number of fused-ring (bicyclic) bond motifs is 2. The van der Waals surface area contributed by atoms with Crippen LogP contribution in [-0.4, -0.2) is 35.0 Å². The van der Waals surface area contributed by atoms with Crippen molar-refractivity contribution in [2.45, 2.75) is 30.1 Å². The zero-order valence-corrected chi connectivity index (χ0v) is 15.1. The van der Waals surface area contributed by atoms with E-state index in [0.29, 0.717) is 19.6 Å². The molecule has 0 spiro atoms. The molecule has 2 aromatic carbocycles. The molecule has 0 saturated carbocycles. The second-order valence-corrected chi connectivity index (χ2v) is 7.54. The third kappa shape index (κ3) is 3.11. The van der Waals surface area contributed by atoms with Gasteiger partial charge in [-0.05, 0) is 38.1 Å². The van der Waals surface area contributed by atoms with Crippen molar-refractivity contribution < 1.29 is 8.86 Å². The summed E-state index contributed by atoms with van der Waals surface area (Å²) in [5.74, 6) is 0. The molecule has 1 heterocycles. The Morgan fingerprint density at radius 1 is 0.958 bits per heavy atom. The van der Waals surface area contributed by atoms with Crippen molar-refractivity contribution in [1.29, 1.82) is 0 Å². The van der Waals surface area contributed by atoms with Gasteiger partial charge in [0, 0.05) is 13.0 Å². The Hall–Kier alpha value is -1.69. The summed E-state index contributed by atoms with van der Waals surface area (Å²) in [5.41, 5.74) is 1.98. The van der Waals surface area contributed by atoms with E-state index in [9.17, 15) is 9.42 Å². The predicted molar refractivity (Wildman–Crippen MR) is 98.8 cm³/mol. The first-order valence-corrected chi connectivity index (χ1v) is 9.69. The number of rotatable bonds is 6. The first-order valence-electron chi connectivity index (χ1n) is 8.54.